The van der Waals surface area contributed by atoms with E-state index in [1.54, 1.807) is 11.8 Å². The van der Waals surface area contributed by atoms with Gasteiger partial charge in [-0.2, -0.15) is 0 Å². The van der Waals surface area contributed by atoms with Gasteiger partial charge in [0.15, 0.2) is 0 Å². The van der Waals surface area contributed by atoms with Crippen molar-refractivity contribution < 1.29 is 13.2 Å². The van der Waals surface area contributed by atoms with Crippen LogP contribution in [-0.2, 0) is 10.0 Å². The molecule has 2 fully saturated rings. The Kier molecular flexibility index (Phi) is 6.09. The van der Waals surface area contributed by atoms with Crippen molar-refractivity contribution in [3.8, 4) is 0 Å². The van der Waals surface area contributed by atoms with Gasteiger partial charge < -0.3 is 10.2 Å². The molecule has 1 saturated carbocycles. The maximum absolute atomic E-state index is 12.2. The van der Waals surface area contributed by atoms with E-state index in [1.165, 1.54) is 30.0 Å². The van der Waals surface area contributed by atoms with E-state index < -0.39 is 10.0 Å². The van der Waals surface area contributed by atoms with Gasteiger partial charge in [0, 0.05) is 32.7 Å². The fraction of sp³-hybridized carbons (Fsp3) is 0.933. The maximum Gasteiger partial charge on any atom is 0.317 e. The highest BCUT2D eigenvalue weighted by atomic mass is 32.2. The highest BCUT2D eigenvalue weighted by Gasteiger charge is 2.28. The lowest BCUT2D eigenvalue weighted by molar-refractivity contribution is 0.190. The summed E-state index contributed by atoms with van der Waals surface area (Å²) >= 11 is 0. The number of urea groups is 1. The van der Waals surface area contributed by atoms with Crippen LogP contribution in [0, 0.1) is 5.92 Å². The summed E-state index contributed by atoms with van der Waals surface area (Å²) in [5.74, 6) is 0.793. The van der Waals surface area contributed by atoms with Gasteiger partial charge in [-0.1, -0.05) is 12.8 Å². The predicted molar refractivity (Wildman–Crippen MR) is 87.2 cm³/mol. The first-order chi connectivity index (χ1) is 10.4. The average Bonchev–Trinajstić information content (AvgIpc) is 3.00. The molecule has 2 amide bonds. The number of sulfonamides is 1. The second-order valence-electron chi connectivity index (χ2n) is 6.55. The molecular formula is C15H29N3O3S. The zero-order valence-electron chi connectivity index (χ0n) is 13.8. The molecule has 0 atom stereocenters. The molecule has 1 heterocycles. The molecular weight excluding hydrogens is 302 g/mol. The van der Waals surface area contributed by atoms with E-state index >= 15 is 0 Å². The van der Waals surface area contributed by atoms with Crippen molar-refractivity contribution in [3.63, 3.8) is 0 Å². The zero-order chi connectivity index (χ0) is 16.2. The quantitative estimate of drug-likeness (QED) is 0.832. The van der Waals surface area contributed by atoms with Gasteiger partial charge in [0.1, 0.15) is 0 Å². The topological polar surface area (TPSA) is 69.7 Å². The van der Waals surface area contributed by atoms with Crippen LogP contribution >= 0.6 is 0 Å². The van der Waals surface area contributed by atoms with Crippen LogP contribution in [-0.4, -0.2) is 62.1 Å². The molecule has 0 aromatic carbocycles. The Morgan fingerprint density at radius 1 is 1.18 bits per heavy atom. The first-order valence-electron chi connectivity index (χ1n) is 8.42. The molecule has 0 spiro atoms. The Balaban J connectivity index is 1.74. The summed E-state index contributed by atoms with van der Waals surface area (Å²) in [6.45, 7) is 3.51. The molecule has 2 rings (SSSR count). The number of piperidine rings is 1. The lowest BCUT2D eigenvalue weighted by Crippen LogP contribution is -2.50. The van der Waals surface area contributed by atoms with Crippen LogP contribution in [0.25, 0.3) is 0 Å². The molecule has 1 aliphatic heterocycles. The monoisotopic (exact) mass is 331 g/mol. The van der Waals surface area contributed by atoms with E-state index in [9.17, 15) is 13.2 Å². The van der Waals surface area contributed by atoms with Gasteiger partial charge in [0.05, 0.1) is 5.75 Å². The molecule has 1 aliphatic carbocycles. The van der Waals surface area contributed by atoms with Crippen LogP contribution in [0.3, 0.4) is 0 Å². The third kappa shape index (κ3) is 4.59. The molecule has 6 nitrogen and oxygen atoms in total. The van der Waals surface area contributed by atoms with Gasteiger partial charge in [-0.05, 0) is 38.5 Å². The summed E-state index contributed by atoms with van der Waals surface area (Å²) in [7, 11) is -1.24. The van der Waals surface area contributed by atoms with E-state index in [0.29, 0.717) is 31.8 Å². The Morgan fingerprint density at radius 2 is 1.77 bits per heavy atom. The smallest absolute Gasteiger partial charge is 0.317 e. The molecule has 0 aromatic heterocycles. The van der Waals surface area contributed by atoms with Crippen molar-refractivity contribution in [1.29, 1.82) is 0 Å². The Hall–Kier alpha value is -0.820. The van der Waals surface area contributed by atoms with Crippen molar-refractivity contribution in [2.75, 3.05) is 32.4 Å². The highest BCUT2D eigenvalue weighted by molar-refractivity contribution is 7.89. The van der Waals surface area contributed by atoms with Crippen LogP contribution in [0.1, 0.15) is 45.4 Å². The maximum atomic E-state index is 12.2. The first-order valence-corrected chi connectivity index (χ1v) is 10.0. The van der Waals surface area contributed by atoms with Gasteiger partial charge in [-0.25, -0.2) is 17.5 Å². The fourth-order valence-electron chi connectivity index (χ4n) is 3.41. The summed E-state index contributed by atoms with van der Waals surface area (Å²) in [5.41, 5.74) is 0. The number of carbonyl (C=O) groups is 1. The van der Waals surface area contributed by atoms with Crippen molar-refractivity contribution in [2.24, 2.45) is 5.92 Å². The second-order valence-corrected chi connectivity index (χ2v) is 8.81. The van der Waals surface area contributed by atoms with Gasteiger partial charge in [-0.15, -0.1) is 0 Å². The minimum absolute atomic E-state index is 0.0244. The number of amides is 2. The molecule has 0 bridgehead atoms. The number of carbonyl (C=O) groups excluding carboxylic acids is 1. The molecule has 1 N–H and O–H groups in total. The minimum atomic E-state index is -3.10. The number of hydrogen-bond acceptors (Lipinski definition) is 3. The lowest BCUT2D eigenvalue weighted by Gasteiger charge is -2.32. The summed E-state index contributed by atoms with van der Waals surface area (Å²) in [6.07, 6.45) is 6.41. The second kappa shape index (κ2) is 7.64. The van der Waals surface area contributed by atoms with E-state index in [1.807, 2.05) is 7.05 Å². The Bertz CT molecular complexity index is 466. The predicted octanol–water partition coefficient (Wildman–Crippen LogP) is 1.63. The van der Waals surface area contributed by atoms with Crippen LogP contribution in [0.4, 0.5) is 4.79 Å². The normalized spacial score (nSPS) is 21.9. The van der Waals surface area contributed by atoms with Crippen LogP contribution in [0.5, 0.6) is 0 Å². The van der Waals surface area contributed by atoms with Crippen molar-refractivity contribution >= 4 is 16.1 Å². The van der Waals surface area contributed by atoms with Gasteiger partial charge >= 0.3 is 6.03 Å². The Labute approximate surface area is 134 Å². The third-order valence-corrected chi connectivity index (χ3v) is 6.77. The molecule has 7 heteroatoms. The van der Waals surface area contributed by atoms with Gasteiger partial charge in [-0.3, -0.25) is 0 Å². The van der Waals surface area contributed by atoms with Gasteiger partial charge in [0.25, 0.3) is 0 Å². The Morgan fingerprint density at radius 3 is 2.32 bits per heavy atom. The summed E-state index contributed by atoms with van der Waals surface area (Å²) in [6, 6.07) is 0.0607. The van der Waals surface area contributed by atoms with E-state index in [-0.39, 0.29) is 17.8 Å². The summed E-state index contributed by atoms with van der Waals surface area (Å²) < 4.78 is 25.2. The van der Waals surface area contributed by atoms with Crippen LogP contribution in [0.15, 0.2) is 0 Å². The zero-order valence-corrected chi connectivity index (χ0v) is 14.6. The highest BCUT2D eigenvalue weighted by Crippen LogP contribution is 2.25. The van der Waals surface area contributed by atoms with Crippen LogP contribution < -0.4 is 5.32 Å². The number of nitrogens with one attached hydrogen (secondary N) is 1. The summed E-state index contributed by atoms with van der Waals surface area (Å²) in [4.78, 5) is 14.0. The van der Waals surface area contributed by atoms with Gasteiger partial charge in [0.2, 0.25) is 10.0 Å². The number of nitrogens with zero attached hydrogens (tertiary/aromatic N) is 2. The third-order valence-electron chi connectivity index (χ3n) is 4.89. The average molecular weight is 331 g/mol. The molecule has 0 radical (unpaired) electrons. The molecule has 0 unspecified atom stereocenters. The molecule has 0 aromatic rings. The number of rotatable bonds is 5. The fourth-order valence-corrected chi connectivity index (χ4v) is 4.54. The van der Waals surface area contributed by atoms with Crippen LogP contribution in [0.2, 0.25) is 0 Å². The summed E-state index contributed by atoms with van der Waals surface area (Å²) in [5, 5.41) is 3.05. The molecule has 1 saturated heterocycles. The van der Waals surface area contributed by atoms with E-state index in [4.69, 9.17) is 0 Å². The molecule has 128 valence electrons. The van der Waals surface area contributed by atoms with E-state index in [2.05, 4.69) is 5.32 Å². The largest absolute Gasteiger partial charge is 0.335 e. The van der Waals surface area contributed by atoms with E-state index in [0.717, 1.165) is 6.54 Å². The van der Waals surface area contributed by atoms with Crippen molar-refractivity contribution in [2.45, 2.75) is 51.5 Å². The lowest BCUT2D eigenvalue weighted by atomic mass is 10.1. The standard InChI is InChI=1S/C15H29N3O3S/c1-3-22(20,21)18-10-8-14(9-11-18)16-15(19)17(2)12-13-6-4-5-7-13/h13-14H,3-12H2,1-2H3,(H,16,19). The molecule has 2 aliphatic rings. The minimum Gasteiger partial charge on any atom is -0.335 e. The first kappa shape index (κ1) is 17.5. The van der Waals surface area contributed by atoms with Crippen molar-refractivity contribution in [1.82, 2.24) is 14.5 Å². The molecule has 22 heavy (non-hydrogen) atoms. The van der Waals surface area contributed by atoms with Crippen molar-refractivity contribution in [3.05, 3.63) is 0 Å². The SMILES string of the molecule is CCS(=O)(=O)N1CCC(NC(=O)N(C)CC2CCCC2)CC1. The number of hydrogen-bond donors (Lipinski definition) is 1.